The zero-order valence-electron chi connectivity index (χ0n) is 11.9. The first-order valence-corrected chi connectivity index (χ1v) is 6.60. The normalized spacial score (nSPS) is 10.6. The summed E-state index contributed by atoms with van der Waals surface area (Å²) in [7, 11) is 0. The van der Waals surface area contributed by atoms with Crippen molar-refractivity contribution < 1.29 is 19.1 Å². The summed E-state index contributed by atoms with van der Waals surface area (Å²) in [6.07, 6.45) is 0.722. The quantitative estimate of drug-likeness (QED) is 0.788. The molecule has 0 aromatic carbocycles. The summed E-state index contributed by atoms with van der Waals surface area (Å²) in [5.41, 5.74) is 2.05. The Kier molecular flexibility index (Phi) is 4.42. The molecule has 7 nitrogen and oxygen atoms in total. The van der Waals surface area contributed by atoms with Crippen LogP contribution in [0.5, 0.6) is 0 Å². The summed E-state index contributed by atoms with van der Waals surface area (Å²) in [4.78, 5) is 22.4. The van der Waals surface area contributed by atoms with E-state index in [2.05, 4.69) is 10.4 Å². The number of rotatable bonds is 6. The van der Waals surface area contributed by atoms with Crippen molar-refractivity contribution in [3.05, 3.63) is 41.1 Å². The van der Waals surface area contributed by atoms with E-state index in [0.29, 0.717) is 13.1 Å². The van der Waals surface area contributed by atoms with Gasteiger partial charge in [-0.05, 0) is 38.5 Å². The maximum atomic E-state index is 11.7. The van der Waals surface area contributed by atoms with E-state index in [-0.39, 0.29) is 11.5 Å². The third-order valence-electron chi connectivity index (χ3n) is 2.98. The highest BCUT2D eigenvalue weighted by Crippen LogP contribution is 2.07. The summed E-state index contributed by atoms with van der Waals surface area (Å²) in [6, 6.07) is 4.60. The SMILES string of the molecule is Cc1cc(C)n(CCCNC(=O)c2ccc(C(=O)O)o2)n1. The molecule has 0 saturated heterocycles. The second-order valence-corrected chi connectivity index (χ2v) is 4.73. The first-order chi connectivity index (χ1) is 9.97. The lowest BCUT2D eigenvalue weighted by atomic mass is 10.3. The fraction of sp³-hybridized carbons (Fsp3) is 0.357. The van der Waals surface area contributed by atoms with Crippen LogP contribution in [0, 0.1) is 13.8 Å². The number of nitrogens with one attached hydrogen (secondary N) is 1. The van der Waals surface area contributed by atoms with Crippen LogP contribution in [0.1, 0.15) is 38.9 Å². The molecule has 0 bridgehead atoms. The van der Waals surface area contributed by atoms with Gasteiger partial charge in [0.1, 0.15) is 0 Å². The maximum Gasteiger partial charge on any atom is 0.371 e. The predicted molar refractivity (Wildman–Crippen MR) is 74.3 cm³/mol. The van der Waals surface area contributed by atoms with Crippen LogP contribution < -0.4 is 5.32 Å². The molecule has 1 amide bonds. The standard InChI is InChI=1S/C14H17N3O4/c1-9-8-10(2)17(16-9)7-3-6-15-13(18)11-4-5-12(21-11)14(19)20/h4-5,8H,3,6-7H2,1-2H3,(H,15,18)(H,19,20). The first-order valence-electron chi connectivity index (χ1n) is 6.60. The molecular weight excluding hydrogens is 274 g/mol. The summed E-state index contributed by atoms with van der Waals surface area (Å²) in [5.74, 6) is -1.87. The van der Waals surface area contributed by atoms with Gasteiger partial charge in [0.2, 0.25) is 5.76 Å². The second kappa shape index (κ2) is 6.25. The van der Waals surface area contributed by atoms with Crippen molar-refractivity contribution >= 4 is 11.9 Å². The van der Waals surface area contributed by atoms with Crippen molar-refractivity contribution in [1.82, 2.24) is 15.1 Å². The number of furan rings is 1. The summed E-state index contributed by atoms with van der Waals surface area (Å²) in [6.45, 7) is 5.08. The highest BCUT2D eigenvalue weighted by atomic mass is 16.4. The number of carbonyl (C=O) groups excluding carboxylic acids is 1. The topological polar surface area (TPSA) is 97.4 Å². The molecule has 7 heteroatoms. The second-order valence-electron chi connectivity index (χ2n) is 4.73. The third kappa shape index (κ3) is 3.71. The zero-order chi connectivity index (χ0) is 15.4. The molecule has 112 valence electrons. The molecule has 21 heavy (non-hydrogen) atoms. The summed E-state index contributed by atoms with van der Waals surface area (Å²) in [5, 5.41) is 15.7. The van der Waals surface area contributed by atoms with Gasteiger partial charge in [-0.15, -0.1) is 0 Å². The van der Waals surface area contributed by atoms with Gasteiger partial charge in [0, 0.05) is 18.8 Å². The molecule has 0 saturated carbocycles. The maximum absolute atomic E-state index is 11.7. The van der Waals surface area contributed by atoms with Crippen molar-refractivity contribution in [2.75, 3.05) is 6.54 Å². The largest absolute Gasteiger partial charge is 0.475 e. The number of carboxylic acid groups (broad SMARTS) is 1. The average molecular weight is 291 g/mol. The van der Waals surface area contributed by atoms with Crippen LogP contribution in [0.4, 0.5) is 0 Å². The molecule has 2 heterocycles. The van der Waals surface area contributed by atoms with Crippen LogP contribution in [-0.4, -0.2) is 33.3 Å². The highest BCUT2D eigenvalue weighted by Gasteiger charge is 2.14. The molecule has 2 aromatic heterocycles. The lowest BCUT2D eigenvalue weighted by Gasteiger charge is -2.05. The Bertz CT molecular complexity index is 657. The van der Waals surface area contributed by atoms with Gasteiger partial charge in [-0.3, -0.25) is 9.48 Å². The van der Waals surface area contributed by atoms with Crippen molar-refractivity contribution in [3.8, 4) is 0 Å². The smallest absolute Gasteiger partial charge is 0.371 e. The number of aromatic carboxylic acids is 1. The number of aryl methyl sites for hydroxylation is 3. The first kappa shape index (κ1) is 14.8. The van der Waals surface area contributed by atoms with Crippen LogP contribution in [0.2, 0.25) is 0 Å². The molecule has 0 aliphatic heterocycles. The van der Waals surface area contributed by atoms with E-state index in [1.807, 2.05) is 24.6 Å². The lowest BCUT2D eigenvalue weighted by Crippen LogP contribution is -2.25. The summed E-state index contributed by atoms with van der Waals surface area (Å²) >= 11 is 0. The Labute approximate surface area is 121 Å². The molecule has 0 radical (unpaired) electrons. The molecule has 0 aliphatic carbocycles. The van der Waals surface area contributed by atoms with Gasteiger partial charge in [0.15, 0.2) is 5.76 Å². The molecule has 0 fully saturated rings. The van der Waals surface area contributed by atoms with Crippen LogP contribution in [0.15, 0.2) is 22.6 Å². The van der Waals surface area contributed by atoms with Crippen LogP contribution in [0.3, 0.4) is 0 Å². The van der Waals surface area contributed by atoms with E-state index in [1.54, 1.807) is 0 Å². The number of nitrogens with zero attached hydrogens (tertiary/aromatic N) is 2. The Balaban J connectivity index is 1.79. The van der Waals surface area contributed by atoms with Crippen LogP contribution in [-0.2, 0) is 6.54 Å². The average Bonchev–Trinajstić information content (AvgIpc) is 3.02. The molecular formula is C14H17N3O4. The van der Waals surface area contributed by atoms with E-state index in [0.717, 1.165) is 17.8 Å². The van der Waals surface area contributed by atoms with Gasteiger partial charge in [-0.1, -0.05) is 0 Å². The van der Waals surface area contributed by atoms with Crippen LogP contribution >= 0.6 is 0 Å². The number of carbonyl (C=O) groups is 2. The number of carboxylic acids is 1. The number of aromatic nitrogens is 2. The molecule has 2 rings (SSSR count). The van der Waals surface area contributed by atoms with E-state index in [1.165, 1.54) is 12.1 Å². The summed E-state index contributed by atoms with van der Waals surface area (Å²) < 4.78 is 6.80. The predicted octanol–water partition coefficient (Wildman–Crippen LogP) is 1.61. The molecule has 0 spiro atoms. The zero-order valence-corrected chi connectivity index (χ0v) is 11.9. The van der Waals surface area contributed by atoms with E-state index in [4.69, 9.17) is 9.52 Å². The van der Waals surface area contributed by atoms with Gasteiger partial charge in [0.05, 0.1) is 5.69 Å². The Morgan fingerprint density at radius 2 is 2.05 bits per heavy atom. The number of hydrogen-bond acceptors (Lipinski definition) is 4. The highest BCUT2D eigenvalue weighted by molar-refractivity contribution is 5.93. The molecule has 2 N–H and O–H groups in total. The van der Waals surface area contributed by atoms with Gasteiger partial charge in [-0.25, -0.2) is 4.79 Å². The fourth-order valence-electron chi connectivity index (χ4n) is 1.99. The minimum atomic E-state index is -1.20. The Hall–Kier alpha value is -2.57. The molecule has 2 aromatic rings. The lowest BCUT2D eigenvalue weighted by molar-refractivity contribution is 0.0659. The molecule has 0 atom stereocenters. The molecule has 0 unspecified atom stereocenters. The minimum absolute atomic E-state index is 0.00138. The van der Waals surface area contributed by atoms with Crippen LogP contribution in [0.25, 0.3) is 0 Å². The Morgan fingerprint density at radius 1 is 1.33 bits per heavy atom. The Morgan fingerprint density at radius 3 is 2.62 bits per heavy atom. The van der Waals surface area contributed by atoms with Gasteiger partial charge in [0.25, 0.3) is 5.91 Å². The van der Waals surface area contributed by atoms with Crippen molar-refractivity contribution in [1.29, 1.82) is 0 Å². The number of hydrogen-bond donors (Lipinski definition) is 2. The van der Waals surface area contributed by atoms with E-state index in [9.17, 15) is 9.59 Å². The minimum Gasteiger partial charge on any atom is -0.475 e. The monoisotopic (exact) mass is 291 g/mol. The van der Waals surface area contributed by atoms with Crippen molar-refractivity contribution in [2.24, 2.45) is 0 Å². The van der Waals surface area contributed by atoms with Gasteiger partial charge < -0.3 is 14.8 Å². The van der Waals surface area contributed by atoms with Gasteiger partial charge in [-0.2, -0.15) is 5.10 Å². The van der Waals surface area contributed by atoms with Crippen molar-refractivity contribution in [2.45, 2.75) is 26.8 Å². The van der Waals surface area contributed by atoms with E-state index >= 15 is 0 Å². The van der Waals surface area contributed by atoms with Gasteiger partial charge >= 0.3 is 5.97 Å². The molecule has 0 aliphatic rings. The third-order valence-corrected chi connectivity index (χ3v) is 2.98. The number of amides is 1. The van der Waals surface area contributed by atoms with E-state index < -0.39 is 11.9 Å². The fourth-order valence-corrected chi connectivity index (χ4v) is 1.99. The van der Waals surface area contributed by atoms with Crippen molar-refractivity contribution in [3.63, 3.8) is 0 Å².